The standard InChI is InChI=1S/C19H17Cl2N3O2S/c1-10-22-18-17(12-4-2-3-5-15(12)27-18)19(26)24(10)9-16(25)23-14-7-6-11(20)8-13(14)21/h6-8H,2-5,9H2,1H3,(H,23,25). The molecule has 5 nitrogen and oxygen atoms in total. The summed E-state index contributed by atoms with van der Waals surface area (Å²) in [6, 6.07) is 4.84. The van der Waals surface area contributed by atoms with Crippen molar-refractivity contribution in [3.8, 4) is 0 Å². The quantitative estimate of drug-likeness (QED) is 0.672. The van der Waals surface area contributed by atoms with Gasteiger partial charge in [0.25, 0.3) is 5.56 Å². The Morgan fingerprint density at radius 3 is 2.85 bits per heavy atom. The lowest BCUT2D eigenvalue weighted by atomic mass is 9.97. The second-order valence-electron chi connectivity index (χ2n) is 6.61. The molecular weight excluding hydrogens is 405 g/mol. The van der Waals surface area contributed by atoms with Gasteiger partial charge in [0.15, 0.2) is 0 Å². The van der Waals surface area contributed by atoms with Gasteiger partial charge in [-0.2, -0.15) is 0 Å². The number of carbonyl (C=O) groups excluding carboxylic acids is 1. The summed E-state index contributed by atoms with van der Waals surface area (Å²) in [5.41, 5.74) is 1.43. The van der Waals surface area contributed by atoms with Crippen LogP contribution in [0, 0.1) is 6.92 Å². The van der Waals surface area contributed by atoms with Crippen molar-refractivity contribution in [2.24, 2.45) is 0 Å². The van der Waals surface area contributed by atoms with Crippen LogP contribution < -0.4 is 10.9 Å². The Morgan fingerprint density at radius 1 is 1.30 bits per heavy atom. The number of nitrogens with one attached hydrogen (secondary N) is 1. The molecule has 1 aliphatic carbocycles. The first-order chi connectivity index (χ1) is 12.9. The number of anilines is 1. The van der Waals surface area contributed by atoms with Gasteiger partial charge in [-0.25, -0.2) is 4.98 Å². The lowest BCUT2D eigenvalue weighted by Gasteiger charge is -2.12. The Bertz CT molecular complexity index is 1120. The highest BCUT2D eigenvalue weighted by molar-refractivity contribution is 7.18. The minimum Gasteiger partial charge on any atom is -0.323 e. The summed E-state index contributed by atoms with van der Waals surface area (Å²) >= 11 is 13.6. The highest BCUT2D eigenvalue weighted by Crippen LogP contribution is 2.33. The van der Waals surface area contributed by atoms with Crippen molar-refractivity contribution in [2.45, 2.75) is 39.2 Å². The van der Waals surface area contributed by atoms with Crippen LogP contribution in [0.4, 0.5) is 5.69 Å². The van der Waals surface area contributed by atoms with Gasteiger partial charge < -0.3 is 5.32 Å². The molecule has 0 fully saturated rings. The van der Waals surface area contributed by atoms with E-state index in [1.165, 1.54) is 9.44 Å². The van der Waals surface area contributed by atoms with E-state index in [1.54, 1.807) is 36.5 Å². The van der Waals surface area contributed by atoms with Crippen molar-refractivity contribution < 1.29 is 4.79 Å². The van der Waals surface area contributed by atoms with Crippen LogP contribution in [0.15, 0.2) is 23.0 Å². The maximum absolute atomic E-state index is 13.1. The summed E-state index contributed by atoms with van der Waals surface area (Å²) in [6.45, 7) is 1.64. The number of halogens is 2. The lowest BCUT2D eigenvalue weighted by molar-refractivity contribution is -0.116. The van der Waals surface area contributed by atoms with E-state index in [0.717, 1.165) is 36.1 Å². The molecule has 0 bridgehead atoms. The molecule has 8 heteroatoms. The number of nitrogens with zero attached hydrogens (tertiary/aromatic N) is 2. The molecule has 4 rings (SSSR count). The summed E-state index contributed by atoms with van der Waals surface area (Å²) in [5.74, 6) is 0.193. The van der Waals surface area contributed by atoms with E-state index >= 15 is 0 Å². The molecule has 0 spiro atoms. The van der Waals surface area contributed by atoms with Crippen LogP contribution in [0.2, 0.25) is 10.0 Å². The summed E-state index contributed by atoms with van der Waals surface area (Å²) in [7, 11) is 0. The van der Waals surface area contributed by atoms with Crippen molar-refractivity contribution >= 4 is 56.3 Å². The number of benzene rings is 1. The number of hydrogen-bond acceptors (Lipinski definition) is 4. The van der Waals surface area contributed by atoms with Crippen molar-refractivity contribution in [1.29, 1.82) is 0 Å². The maximum atomic E-state index is 13.1. The zero-order valence-corrected chi connectivity index (χ0v) is 17.0. The molecule has 0 atom stereocenters. The van der Waals surface area contributed by atoms with E-state index < -0.39 is 0 Å². The zero-order chi connectivity index (χ0) is 19.1. The molecule has 0 radical (unpaired) electrons. The van der Waals surface area contributed by atoms with Gasteiger partial charge in [0.05, 0.1) is 16.1 Å². The Kier molecular flexibility index (Phi) is 4.97. The maximum Gasteiger partial charge on any atom is 0.263 e. The normalized spacial score (nSPS) is 13.6. The van der Waals surface area contributed by atoms with Gasteiger partial charge in [0.2, 0.25) is 5.91 Å². The molecule has 140 valence electrons. The van der Waals surface area contributed by atoms with E-state index in [0.29, 0.717) is 26.9 Å². The molecule has 0 saturated heterocycles. The molecule has 3 aromatic rings. The third-order valence-electron chi connectivity index (χ3n) is 4.77. The molecule has 1 aliphatic rings. The van der Waals surface area contributed by atoms with Gasteiger partial charge in [-0.1, -0.05) is 23.2 Å². The first-order valence-corrected chi connectivity index (χ1v) is 10.3. The molecule has 0 aliphatic heterocycles. The second kappa shape index (κ2) is 7.26. The molecule has 1 N–H and O–H groups in total. The van der Waals surface area contributed by atoms with Crippen LogP contribution >= 0.6 is 34.5 Å². The van der Waals surface area contributed by atoms with E-state index in [9.17, 15) is 9.59 Å². The van der Waals surface area contributed by atoms with Gasteiger partial charge in [0, 0.05) is 9.90 Å². The molecule has 27 heavy (non-hydrogen) atoms. The SMILES string of the molecule is Cc1nc2sc3c(c2c(=O)n1CC(=O)Nc1ccc(Cl)cc1Cl)CCCC3. The van der Waals surface area contributed by atoms with Crippen LogP contribution in [0.3, 0.4) is 0 Å². The fourth-order valence-corrected chi connectivity index (χ4v) is 5.20. The van der Waals surface area contributed by atoms with Crippen molar-refractivity contribution in [3.63, 3.8) is 0 Å². The van der Waals surface area contributed by atoms with Crippen molar-refractivity contribution in [3.05, 3.63) is 54.9 Å². The predicted octanol–water partition coefficient (Wildman–Crippen LogP) is 4.59. The number of aryl methyl sites for hydroxylation is 3. The fourth-order valence-electron chi connectivity index (χ4n) is 3.45. The van der Waals surface area contributed by atoms with Gasteiger partial charge in [0.1, 0.15) is 17.2 Å². The van der Waals surface area contributed by atoms with Crippen LogP contribution in [0.1, 0.15) is 29.1 Å². The van der Waals surface area contributed by atoms with Crippen LogP contribution in [0.5, 0.6) is 0 Å². The Morgan fingerprint density at radius 2 is 2.07 bits per heavy atom. The third kappa shape index (κ3) is 3.49. The summed E-state index contributed by atoms with van der Waals surface area (Å²) in [4.78, 5) is 32.2. The van der Waals surface area contributed by atoms with E-state index in [1.807, 2.05) is 0 Å². The number of aromatic nitrogens is 2. The number of carbonyl (C=O) groups is 1. The Hall–Kier alpha value is -1.89. The minimum absolute atomic E-state index is 0.114. The molecule has 2 aromatic heterocycles. The van der Waals surface area contributed by atoms with Crippen LogP contribution in [0.25, 0.3) is 10.2 Å². The topological polar surface area (TPSA) is 64.0 Å². The fraction of sp³-hybridized carbons (Fsp3) is 0.316. The average Bonchev–Trinajstić information content (AvgIpc) is 2.99. The van der Waals surface area contributed by atoms with Crippen molar-refractivity contribution in [2.75, 3.05) is 5.32 Å². The molecule has 1 aromatic carbocycles. The number of fused-ring (bicyclic) bond motifs is 3. The third-order valence-corrected chi connectivity index (χ3v) is 6.51. The summed E-state index contributed by atoms with van der Waals surface area (Å²) < 4.78 is 1.43. The first kappa shape index (κ1) is 18.5. The second-order valence-corrected chi connectivity index (χ2v) is 8.54. The number of rotatable bonds is 3. The van der Waals surface area contributed by atoms with Gasteiger partial charge in [-0.05, 0) is 56.4 Å². The summed E-state index contributed by atoms with van der Waals surface area (Å²) in [5, 5.41) is 4.24. The Balaban J connectivity index is 1.67. The van der Waals surface area contributed by atoms with Crippen LogP contribution in [-0.2, 0) is 24.2 Å². The lowest BCUT2D eigenvalue weighted by Crippen LogP contribution is -2.30. The predicted molar refractivity (Wildman–Crippen MR) is 110 cm³/mol. The van der Waals surface area contributed by atoms with Crippen LogP contribution in [-0.4, -0.2) is 15.5 Å². The highest BCUT2D eigenvalue weighted by atomic mass is 35.5. The van der Waals surface area contributed by atoms with Crippen molar-refractivity contribution in [1.82, 2.24) is 9.55 Å². The van der Waals surface area contributed by atoms with E-state index in [4.69, 9.17) is 23.2 Å². The van der Waals surface area contributed by atoms with Gasteiger partial charge in [-0.3, -0.25) is 14.2 Å². The number of thiophene rings is 1. The molecule has 2 heterocycles. The number of amides is 1. The van der Waals surface area contributed by atoms with Gasteiger partial charge in [-0.15, -0.1) is 11.3 Å². The smallest absolute Gasteiger partial charge is 0.263 e. The largest absolute Gasteiger partial charge is 0.323 e. The molecule has 0 saturated carbocycles. The highest BCUT2D eigenvalue weighted by Gasteiger charge is 2.22. The number of hydrogen-bond donors (Lipinski definition) is 1. The van der Waals surface area contributed by atoms with Gasteiger partial charge >= 0.3 is 0 Å². The monoisotopic (exact) mass is 421 g/mol. The molecule has 1 amide bonds. The average molecular weight is 422 g/mol. The van der Waals surface area contributed by atoms with E-state index in [2.05, 4.69) is 10.3 Å². The summed E-state index contributed by atoms with van der Waals surface area (Å²) in [6.07, 6.45) is 4.14. The Labute approximate surface area is 169 Å². The zero-order valence-electron chi connectivity index (χ0n) is 14.6. The minimum atomic E-state index is -0.338. The van der Waals surface area contributed by atoms with E-state index in [-0.39, 0.29) is 18.0 Å². The first-order valence-electron chi connectivity index (χ1n) is 8.70. The molecular formula is C19H17Cl2N3O2S. The molecule has 0 unspecified atom stereocenters.